The van der Waals surface area contributed by atoms with E-state index < -0.39 is 9.05 Å². The molecular formula is H4AlCaMgO4Si+7. The van der Waals surface area contributed by atoms with Crippen molar-refractivity contribution in [2.45, 2.75) is 0 Å². The van der Waals surface area contributed by atoms with E-state index in [4.69, 9.17) is 19.2 Å². The molecule has 0 aromatic heterocycles. The van der Waals surface area contributed by atoms with Crippen molar-refractivity contribution in [2.75, 3.05) is 0 Å². The van der Waals surface area contributed by atoms with E-state index in [1.54, 1.807) is 0 Å². The SMILES string of the molecule is O[Si](O)(O)O.[Al+3].[Ca+2].[Mg+2]. The third-order valence-electron chi connectivity index (χ3n) is 0. The minimum atomic E-state index is -4.61. The molecule has 0 amide bonds. The molecule has 0 aliphatic rings. The van der Waals surface area contributed by atoms with E-state index in [1.807, 2.05) is 0 Å². The van der Waals surface area contributed by atoms with Crippen LogP contribution >= 0.6 is 0 Å². The van der Waals surface area contributed by atoms with E-state index in [9.17, 15) is 0 Å². The van der Waals surface area contributed by atoms with Crippen LogP contribution in [0.3, 0.4) is 0 Å². The first-order valence-corrected chi connectivity index (χ1v) is 2.68. The molecule has 0 aliphatic carbocycles. The monoisotopic (exact) mass is 187 g/mol. The second-order valence-corrected chi connectivity index (χ2v) is 1.80. The first-order chi connectivity index (χ1) is 2.00. The van der Waals surface area contributed by atoms with Crippen LogP contribution in [0.5, 0.6) is 0 Å². The van der Waals surface area contributed by atoms with E-state index in [2.05, 4.69) is 0 Å². The summed E-state index contributed by atoms with van der Waals surface area (Å²) < 4.78 is 0. The van der Waals surface area contributed by atoms with Crippen LogP contribution in [-0.4, -0.2) is 106 Å². The molecule has 0 fully saturated rings. The summed E-state index contributed by atoms with van der Waals surface area (Å²) in [6.45, 7) is 0. The summed E-state index contributed by atoms with van der Waals surface area (Å²) in [6.07, 6.45) is 0. The predicted octanol–water partition coefficient (Wildman–Crippen LogP) is -3.75. The molecule has 4 nitrogen and oxygen atoms in total. The van der Waals surface area contributed by atoms with Gasteiger partial charge in [0, 0.05) is 0 Å². The fourth-order valence-electron chi connectivity index (χ4n) is 0. The Balaban J connectivity index is -0.0000000267. The normalized spacial score (nSPS) is 7.50. The van der Waals surface area contributed by atoms with Gasteiger partial charge in [-0.2, -0.15) is 0 Å². The molecule has 0 atom stereocenters. The zero-order chi connectivity index (χ0) is 4.50. The Morgan fingerprint density at radius 1 is 0.875 bits per heavy atom. The molecule has 0 radical (unpaired) electrons. The van der Waals surface area contributed by atoms with Crippen LogP contribution in [0, 0.1) is 0 Å². The van der Waals surface area contributed by atoms with Gasteiger partial charge in [0.25, 0.3) is 0 Å². The quantitative estimate of drug-likeness (QED) is 0.294. The summed E-state index contributed by atoms with van der Waals surface area (Å²) in [7, 11) is -4.61. The molecule has 0 aromatic rings. The largest absolute Gasteiger partial charge is 3.00 e. The van der Waals surface area contributed by atoms with Crippen molar-refractivity contribution >= 4 is 87.2 Å². The standard InChI is InChI=1S/Al.Ca.Mg.H4O4Si/c;;;1-5(2,3)4/h;;;1-4H/q+3;2*+2;. The van der Waals surface area contributed by atoms with Gasteiger partial charge < -0.3 is 19.2 Å². The Morgan fingerprint density at radius 3 is 0.875 bits per heavy atom. The van der Waals surface area contributed by atoms with Gasteiger partial charge in [0.1, 0.15) is 0 Å². The van der Waals surface area contributed by atoms with Gasteiger partial charge in [-0.3, -0.25) is 0 Å². The van der Waals surface area contributed by atoms with Crippen molar-refractivity contribution < 1.29 is 19.2 Å². The van der Waals surface area contributed by atoms with E-state index in [-0.39, 0.29) is 78.2 Å². The third-order valence-corrected chi connectivity index (χ3v) is 0. The Bertz CT molecular complexity index is 31.5. The molecule has 0 bridgehead atoms. The Labute approximate surface area is 105 Å². The first kappa shape index (κ1) is 22.4. The van der Waals surface area contributed by atoms with E-state index in [0.717, 1.165) is 0 Å². The van der Waals surface area contributed by atoms with Crippen molar-refractivity contribution in [2.24, 2.45) is 0 Å². The molecule has 0 heterocycles. The average molecular weight is 187 g/mol. The van der Waals surface area contributed by atoms with Gasteiger partial charge in [-0.1, -0.05) is 0 Å². The molecule has 0 spiro atoms. The Hall–Kier alpha value is 2.62. The smallest absolute Gasteiger partial charge is 0.368 e. The second kappa shape index (κ2) is 9.62. The third kappa shape index (κ3) is 73.0. The summed E-state index contributed by atoms with van der Waals surface area (Å²) in [5.41, 5.74) is 0. The number of hydrogen-bond acceptors (Lipinski definition) is 4. The van der Waals surface area contributed by atoms with Crippen molar-refractivity contribution in [3.05, 3.63) is 0 Å². The zero-order valence-electron chi connectivity index (χ0n) is 4.28. The number of rotatable bonds is 0. The molecule has 0 aromatic carbocycles. The van der Waals surface area contributed by atoms with Crippen LogP contribution in [0.1, 0.15) is 0 Å². The van der Waals surface area contributed by atoms with Crippen LogP contribution in [0.4, 0.5) is 0 Å². The fraction of sp³-hybridized carbons (Fsp3) is 0. The summed E-state index contributed by atoms with van der Waals surface area (Å²) in [6, 6.07) is 0. The van der Waals surface area contributed by atoms with E-state index >= 15 is 0 Å². The van der Waals surface area contributed by atoms with Gasteiger partial charge in [-0.15, -0.1) is 0 Å². The summed E-state index contributed by atoms with van der Waals surface area (Å²) in [5.74, 6) is 0. The minimum absolute atomic E-state index is 0. The zero-order valence-corrected chi connectivity index (χ0v) is 10.1. The van der Waals surface area contributed by atoms with Gasteiger partial charge in [0.2, 0.25) is 0 Å². The van der Waals surface area contributed by atoms with Crippen LogP contribution < -0.4 is 0 Å². The molecule has 8 heavy (non-hydrogen) atoms. The fourth-order valence-corrected chi connectivity index (χ4v) is 0. The van der Waals surface area contributed by atoms with Crippen molar-refractivity contribution in [3.8, 4) is 0 Å². The van der Waals surface area contributed by atoms with Crippen LogP contribution in [0.15, 0.2) is 0 Å². The summed E-state index contributed by atoms with van der Waals surface area (Å²) in [4.78, 5) is 29.3. The van der Waals surface area contributed by atoms with E-state index in [0.29, 0.717) is 0 Å². The molecule has 4 N–H and O–H groups in total. The predicted molar refractivity (Wildman–Crippen MR) is 31.9 cm³/mol. The van der Waals surface area contributed by atoms with Crippen molar-refractivity contribution in [1.82, 2.24) is 0 Å². The molecule has 8 heteroatoms. The molecule has 0 aliphatic heterocycles. The summed E-state index contributed by atoms with van der Waals surface area (Å²) >= 11 is 0. The first-order valence-electron chi connectivity index (χ1n) is 0.894. The number of hydrogen-bond donors (Lipinski definition) is 4. The van der Waals surface area contributed by atoms with Gasteiger partial charge >= 0.3 is 87.2 Å². The molecule has 0 rings (SSSR count). The topological polar surface area (TPSA) is 80.9 Å². The molecule has 0 unspecified atom stereocenters. The molecule has 0 saturated carbocycles. The minimum Gasteiger partial charge on any atom is -0.368 e. The van der Waals surface area contributed by atoms with Gasteiger partial charge in [-0.25, -0.2) is 0 Å². The molecular weight excluding hydrogens is 183 g/mol. The molecule has 32 valence electrons. The van der Waals surface area contributed by atoms with Crippen LogP contribution in [0.25, 0.3) is 0 Å². The molecule has 0 saturated heterocycles. The Morgan fingerprint density at radius 2 is 0.875 bits per heavy atom. The van der Waals surface area contributed by atoms with Gasteiger partial charge in [0.15, 0.2) is 0 Å². The van der Waals surface area contributed by atoms with Crippen LogP contribution in [0.2, 0.25) is 0 Å². The Kier molecular flexibility index (Phi) is 27.0. The van der Waals surface area contributed by atoms with Crippen LogP contribution in [-0.2, 0) is 0 Å². The maximum Gasteiger partial charge on any atom is 3.00 e. The maximum atomic E-state index is 7.33. The van der Waals surface area contributed by atoms with Crippen molar-refractivity contribution in [1.29, 1.82) is 0 Å². The van der Waals surface area contributed by atoms with Gasteiger partial charge in [0.05, 0.1) is 0 Å². The second-order valence-electron chi connectivity index (χ2n) is 0.600. The maximum absolute atomic E-state index is 7.33. The van der Waals surface area contributed by atoms with Crippen molar-refractivity contribution in [3.63, 3.8) is 0 Å². The average Bonchev–Trinajstić information content (AvgIpc) is 0.722. The van der Waals surface area contributed by atoms with Gasteiger partial charge in [-0.05, 0) is 0 Å². The summed E-state index contributed by atoms with van der Waals surface area (Å²) in [5, 5.41) is 0. The van der Waals surface area contributed by atoms with E-state index in [1.165, 1.54) is 0 Å².